The lowest BCUT2D eigenvalue weighted by atomic mass is 10.2. The summed E-state index contributed by atoms with van der Waals surface area (Å²) in [6.07, 6.45) is 5.19. The van der Waals surface area contributed by atoms with Crippen molar-refractivity contribution in [2.45, 2.75) is 44.6 Å². The van der Waals surface area contributed by atoms with Crippen molar-refractivity contribution in [3.63, 3.8) is 0 Å². The molecule has 12 heteroatoms. The SMILES string of the molecule is CCN(CC)S(=O)(=O)c1cccc(C(=O)Nc2nc(NCCCN3CCCC3)c3ncn(Cc4ccccc4)c3n2)c1. The molecule has 3 heterocycles. The van der Waals surface area contributed by atoms with E-state index in [1.807, 2.05) is 34.9 Å². The number of sulfonamides is 1. The van der Waals surface area contributed by atoms with E-state index in [9.17, 15) is 13.2 Å². The standard InChI is InChI=1S/C30H38N8O3S/c1-3-38(4-2)42(40,41)25-15-10-14-24(20-25)29(39)35-30-33-27(31-16-11-19-36-17-8-9-18-36)26-28(34-30)37(22-32-26)21-23-12-6-5-7-13-23/h5-7,10,12-15,20,22H,3-4,8-9,11,16-19,21H2,1-2H3,(H2,31,33,34,35,39). The summed E-state index contributed by atoms with van der Waals surface area (Å²) in [5.41, 5.74) is 2.50. The fourth-order valence-electron chi connectivity index (χ4n) is 5.22. The Hall–Kier alpha value is -3.87. The van der Waals surface area contributed by atoms with Gasteiger partial charge in [0.1, 0.15) is 0 Å². The molecular weight excluding hydrogens is 552 g/mol. The van der Waals surface area contributed by atoms with E-state index in [-0.39, 0.29) is 16.4 Å². The highest BCUT2D eigenvalue weighted by Gasteiger charge is 2.23. The Morgan fingerprint density at radius 3 is 2.50 bits per heavy atom. The van der Waals surface area contributed by atoms with Gasteiger partial charge in [0.05, 0.1) is 17.8 Å². The molecule has 1 aliphatic rings. The lowest BCUT2D eigenvalue weighted by molar-refractivity contribution is 0.102. The van der Waals surface area contributed by atoms with Gasteiger partial charge in [-0.25, -0.2) is 13.4 Å². The van der Waals surface area contributed by atoms with E-state index >= 15 is 0 Å². The molecule has 2 aromatic carbocycles. The molecule has 0 aliphatic carbocycles. The zero-order valence-electron chi connectivity index (χ0n) is 24.2. The molecule has 1 amide bonds. The topological polar surface area (TPSA) is 125 Å². The first-order valence-electron chi connectivity index (χ1n) is 14.5. The number of rotatable bonds is 13. The molecular formula is C30H38N8O3S. The molecule has 0 bridgehead atoms. The van der Waals surface area contributed by atoms with Crippen LogP contribution < -0.4 is 10.6 Å². The minimum atomic E-state index is -3.72. The molecule has 0 radical (unpaired) electrons. The molecule has 222 valence electrons. The van der Waals surface area contributed by atoms with Crippen LogP contribution in [0.1, 0.15) is 49.0 Å². The van der Waals surface area contributed by atoms with E-state index in [4.69, 9.17) is 0 Å². The van der Waals surface area contributed by atoms with Crippen LogP contribution in [0.15, 0.2) is 65.8 Å². The number of carbonyl (C=O) groups is 1. The Morgan fingerprint density at radius 1 is 1.00 bits per heavy atom. The highest BCUT2D eigenvalue weighted by Crippen LogP contribution is 2.23. The summed E-state index contributed by atoms with van der Waals surface area (Å²) in [5, 5.41) is 6.19. The highest BCUT2D eigenvalue weighted by atomic mass is 32.2. The summed E-state index contributed by atoms with van der Waals surface area (Å²) < 4.78 is 29.4. The second-order valence-corrected chi connectivity index (χ2v) is 12.3. The quantitative estimate of drug-likeness (QED) is 0.224. The second-order valence-electron chi connectivity index (χ2n) is 10.3. The molecule has 0 spiro atoms. The Bertz CT molecular complexity index is 1610. The van der Waals surface area contributed by atoms with E-state index in [1.54, 1.807) is 32.3 Å². The maximum atomic E-state index is 13.3. The van der Waals surface area contributed by atoms with Gasteiger partial charge in [-0.3, -0.25) is 10.1 Å². The first-order chi connectivity index (χ1) is 20.4. The minimum absolute atomic E-state index is 0.0662. The van der Waals surface area contributed by atoms with Crippen molar-refractivity contribution in [2.24, 2.45) is 0 Å². The fraction of sp³-hybridized carbons (Fsp3) is 0.400. The number of imidazole rings is 1. The van der Waals surface area contributed by atoms with Gasteiger partial charge < -0.3 is 14.8 Å². The predicted octanol–water partition coefficient (Wildman–Crippen LogP) is 4.06. The number of hydrogen-bond acceptors (Lipinski definition) is 8. The molecule has 0 atom stereocenters. The van der Waals surface area contributed by atoms with Crippen LogP contribution in [0.25, 0.3) is 11.2 Å². The number of carbonyl (C=O) groups excluding carboxylic acids is 1. The van der Waals surface area contributed by atoms with E-state index in [0.29, 0.717) is 43.2 Å². The van der Waals surface area contributed by atoms with Crippen molar-refractivity contribution in [3.8, 4) is 0 Å². The molecule has 2 aromatic heterocycles. The molecule has 11 nitrogen and oxygen atoms in total. The molecule has 0 unspecified atom stereocenters. The van der Waals surface area contributed by atoms with Crippen LogP contribution in [0.2, 0.25) is 0 Å². The highest BCUT2D eigenvalue weighted by molar-refractivity contribution is 7.89. The zero-order valence-corrected chi connectivity index (χ0v) is 25.0. The molecule has 42 heavy (non-hydrogen) atoms. The summed E-state index contributed by atoms with van der Waals surface area (Å²) >= 11 is 0. The van der Waals surface area contributed by atoms with Crippen LogP contribution in [-0.2, 0) is 16.6 Å². The van der Waals surface area contributed by atoms with Crippen LogP contribution in [0.5, 0.6) is 0 Å². The Morgan fingerprint density at radius 2 is 1.76 bits per heavy atom. The molecule has 0 saturated carbocycles. The maximum Gasteiger partial charge on any atom is 0.258 e. The first-order valence-corrected chi connectivity index (χ1v) is 16.0. The third-order valence-corrected chi connectivity index (χ3v) is 9.51. The lowest BCUT2D eigenvalue weighted by Gasteiger charge is -2.18. The predicted molar refractivity (Wildman–Crippen MR) is 164 cm³/mol. The van der Waals surface area contributed by atoms with E-state index in [0.717, 1.165) is 31.6 Å². The van der Waals surface area contributed by atoms with Crippen molar-refractivity contribution in [3.05, 3.63) is 72.1 Å². The Kier molecular flexibility index (Phi) is 9.45. The molecule has 1 aliphatic heterocycles. The monoisotopic (exact) mass is 590 g/mol. The van der Waals surface area contributed by atoms with Gasteiger partial charge in [0.25, 0.3) is 5.91 Å². The number of amides is 1. The maximum absolute atomic E-state index is 13.3. The number of likely N-dealkylation sites (tertiary alicyclic amines) is 1. The third kappa shape index (κ3) is 6.77. The van der Waals surface area contributed by atoms with Crippen LogP contribution in [-0.4, -0.2) is 82.3 Å². The number of nitrogens with one attached hydrogen (secondary N) is 2. The molecule has 2 N–H and O–H groups in total. The van der Waals surface area contributed by atoms with Crippen LogP contribution in [0.4, 0.5) is 11.8 Å². The lowest BCUT2D eigenvalue weighted by Crippen LogP contribution is -2.30. The van der Waals surface area contributed by atoms with Crippen molar-refractivity contribution in [2.75, 3.05) is 49.9 Å². The largest absolute Gasteiger partial charge is 0.368 e. The summed E-state index contributed by atoms with van der Waals surface area (Å²) in [4.78, 5) is 29.7. The number of fused-ring (bicyclic) bond motifs is 1. The average Bonchev–Trinajstić information content (AvgIpc) is 3.67. The number of nitrogens with zero attached hydrogens (tertiary/aromatic N) is 6. The number of anilines is 2. The van der Waals surface area contributed by atoms with E-state index in [1.165, 1.54) is 29.3 Å². The summed E-state index contributed by atoms with van der Waals surface area (Å²) in [7, 11) is -3.72. The van der Waals surface area contributed by atoms with Gasteiger partial charge in [0.15, 0.2) is 17.0 Å². The van der Waals surface area contributed by atoms with E-state index in [2.05, 4.69) is 30.5 Å². The van der Waals surface area contributed by atoms with Crippen molar-refractivity contribution >= 4 is 38.9 Å². The van der Waals surface area contributed by atoms with Crippen LogP contribution in [0.3, 0.4) is 0 Å². The van der Waals surface area contributed by atoms with Crippen molar-refractivity contribution < 1.29 is 13.2 Å². The Balaban J connectivity index is 1.40. The van der Waals surface area contributed by atoms with Crippen molar-refractivity contribution in [1.82, 2.24) is 28.7 Å². The number of hydrogen-bond donors (Lipinski definition) is 2. The summed E-state index contributed by atoms with van der Waals surface area (Å²) in [6.45, 7) is 8.82. The number of aromatic nitrogens is 4. The van der Waals surface area contributed by atoms with Gasteiger partial charge >= 0.3 is 0 Å². The van der Waals surface area contributed by atoms with Gasteiger partial charge in [-0.05, 0) is 62.7 Å². The van der Waals surface area contributed by atoms with Crippen molar-refractivity contribution in [1.29, 1.82) is 0 Å². The third-order valence-electron chi connectivity index (χ3n) is 7.47. The molecule has 1 saturated heterocycles. The van der Waals surface area contributed by atoms with E-state index < -0.39 is 15.9 Å². The fourth-order valence-corrected chi connectivity index (χ4v) is 6.72. The summed E-state index contributed by atoms with van der Waals surface area (Å²) in [5.74, 6) is 0.155. The molecule has 1 fully saturated rings. The number of benzene rings is 2. The minimum Gasteiger partial charge on any atom is -0.368 e. The molecule has 4 aromatic rings. The molecule has 5 rings (SSSR count). The first kappa shape index (κ1) is 29.6. The Labute approximate surface area is 247 Å². The van der Waals surface area contributed by atoms with Gasteiger partial charge in [-0.1, -0.05) is 50.2 Å². The smallest absolute Gasteiger partial charge is 0.258 e. The van der Waals surface area contributed by atoms with Crippen LogP contribution >= 0.6 is 0 Å². The summed E-state index contributed by atoms with van der Waals surface area (Å²) in [6, 6.07) is 16.0. The van der Waals surface area contributed by atoms with Gasteiger partial charge in [0.2, 0.25) is 16.0 Å². The van der Waals surface area contributed by atoms with Gasteiger partial charge in [-0.2, -0.15) is 14.3 Å². The van der Waals surface area contributed by atoms with Gasteiger partial charge in [0, 0.05) is 25.2 Å². The second kappa shape index (κ2) is 13.4. The van der Waals surface area contributed by atoms with Gasteiger partial charge in [-0.15, -0.1) is 0 Å². The van der Waals surface area contributed by atoms with Crippen LogP contribution in [0, 0.1) is 0 Å². The normalized spacial score (nSPS) is 14.1. The zero-order chi connectivity index (χ0) is 29.5. The average molecular weight is 591 g/mol.